The number of amides is 1. The topological polar surface area (TPSA) is 56.8 Å². The summed E-state index contributed by atoms with van der Waals surface area (Å²) in [6.45, 7) is 0.558. The normalized spacial score (nSPS) is 10.5. The zero-order chi connectivity index (χ0) is 18.1. The van der Waals surface area contributed by atoms with Crippen molar-refractivity contribution in [1.29, 1.82) is 0 Å². The zero-order valence-corrected chi connectivity index (χ0v) is 14.7. The maximum Gasteiger partial charge on any atom is 0.244 e. The summed E-state index contributed by atoms with van der Waals surface area (Å²) in [5.41, 5.74) is 1.98. The lowest BCUT2D eigenvalue weighted by Crippen LogP contribution is -2.23. The van der Waals surface area contributed by atoms with Gasteiger partial charge in [0.1, 0.15) is 5.75 Å². The third-order valence-corrected chi connectivity index (χ3v) is 3.68. The molecule has 0 bridgehead atoms. The van der Waals surface area contributed by atoms with E-state index in [0.717, 1.165) is 23.3 Å². The first-order chi connectivity index (χ1) is 12.2. The largest absolute Gasteiger partial charge is 0.497 e. The number of carbonyl (C=O) groups is 1. The van der Waals surface area contributed by atoms with E-state index in [1.165, 1.54) is 6.08 Å². The first-order valence-corrected chi connectivity index (χ1v) is 7.97. The van der Waals surface area contributed by atoms with Gasteiger partial charge in [-0.15, -0.1) is 0 Å². The van der Waals surface area contributed by atoms with E-state index < -0.39 is 0 Å². The molecular formula is C20H23NO4. The lowest BCUT2D eigenvalue weighted by Gasteiger charge is -2.07. The van der Waals surface area contributed by atoms with Gasteiger partial charge in [0.15, 0.2) is 11.5 Å². The number of hydrogen-bond acceptors (Lipinski definition) is 4. The third kappa shape index (κ3) is 5.57. The summed E-state index contributed by atoms with van der Waals surface area (Å²) < 4.78 is 15.6. The summed E-state index contributed by atoms with van der Waals surface area (Å²) in [6, 6.07) is 13.3. The summed E-state index contributed by atoms with van der Waals surface area (Å²) in [4.78, 5) is 11.9. The Hall–Kier alpha value is -2.95. The zero-order valence-electron chi connectivity index (χ0n) is 14.7. The molecule has 0 saturated carbocycles. The molecule has 0 fully saturated rings. The van der Waals surface area contributed by atoms with E-state index in [0.29, 0.717) is 18.0 Å². The van der Waals surface area contributed by atoms with Crippen LogP contribution in [-0.4, -0.2) is 33.8 Å². The number of carbonyl (C=O) groups excluding carboxylic acids is 1. The van der Waals surface area contributed by atoms with Gasteiger partial charge >= 0.3 is 0 Å². The van der Waals surface area contributed by atoms with Gasteiger partial charge in [-0.1, -0.05) is 18.2 Å². The predicted octanol–water partition coefficient (Wildman–Crippen LogP) is 3.08. The Labute approximate surface area is 148 Å². The van der Waals surface area contributed by atoms with Crippen LogP contribution in [0.1, 0.15) is 11.1 Å². The van der Waals surface area contributed by atoms with Crippen LogP contribution in [-0.2, 0) is 11.2 Å². The average Bonchev–Trinajstić information content (AvgIpc) is 2.66. The summed E-state index contributed by atoms with van der Waals surface area (Å²) >= 11 is 0. The fraction of sp³-hybridized carbons (Fsp3) is 0.250. The Bertz CT molecular complexity index is 740. The van der Waals surface area contributed by atoms with Crippen molar-refractivity contribution in [2.75, 3.05) is 27.9 Å². The Morgan fingerprint density at radius 1 is 1.00 bits per heavy atom. The van der Waals surface area contributed by atoms with Gasteiger partial charge in [0.2, 0.25) is 5.91 Å². The van der Waals surface area contributed by atoms with E-state index in [2.05, 4.69) is 5.32 Å². The van der Waals surface area contributed by atoms with Crippen LogP contribution in [0.15, 0.2) is 48.5 Å². The minimum absolute atomic E-state index is 0.141. The highest BCUT2D eigenvalue weighted by Crippen LogP contribution is 2.27. The van der Waals surface area contributed by atoms with Crippen molar-refractivity contribution in [2.45, 2.75) is 6.42 Å². The van der Waals surface area contributed by atoms with Crippen molar-refractivity contribution in [1.82, 2.24) is 5.32 Å². The Morgan fingerprint density at radius 2 is 1.80 bits per heavy atom. The van der Waals surface area contributed by atoms with E-state index in [9.17, 15) is 4.79 Å². The van der Waals surface area contributed by atoms with Crippen LogP contribution in [0, 0.1) is 0 Å². The van der Waals surface area contributed by atoms with E-state index in [4.69, 9.17) is 14.2 Å². The molecule has 0 aromatic heterocycles. The molecule has 5 heteroatoms. The maximum atomic E-state index is 11.9. The van der Waals surface area contributed by atoms with E-state index >= 15 is 0 Å². The van der Waals surface area contributed by atoms with Gasteiger partial charge in [0, 0.05) is 12.6 Å². The van der Waals surface area contributed by atoms with E-state index in [1.807, 2.05) is 36.4 Å². The number of rotatable bonds is 8. The van der Waals surface area contributed by atoms with Gasteiger partial charge in [-0.2, -0.15) is 0 Å². The monoisotopic (exact) mass is 341 g/mol. The van der Waals surface area contributed by atoms with Gasteiger partial charge in [-0.3, -0.25) is 4.79 Å². The summed E-state index contributed by atoms with van der Waals surface area (Å²) in [5, 5.41) is 2.87. The molecule has 5 nitrogen and oxygen atoms in total. The minimum atomic E-state index is -0.141. The molecule has 0 atom stereocenters. The van der Waals surface area contributed by atoms with Crippen LogP contribution in [0.5, 0.6) is 17.2 Å². The number of hydrogen-bond donors (Lipinski definition) is 1. The van der Waals surface area contributed by atoms with Crippen molar-refractivity contribution < 1.29 is 19.0 Å². The second-order valence-corrected chi connectivity index (χ2v) is 5.34. The molecule has 25 heavy (non-hydrogen) atoms. The van der Waals surface area contributed by atoms with Crippen LogP contribution in [0.25, 0.3) is 6.08 Å². The molecular weight excluding hydrogens is 318 g/mol. The van der Waals surface area contributed by atoms with Crippen molar-refractivity contribution in [2.24, 2.45) is 0 Å². The first-order valence-electron chi connectivity index (χ1n) is 7.97. The SMILES string of the molecule is COc1cccc(CCNC(=O)C=Cc2ccc(OC)c(OC)c2)c1. The molecule has 0 heterocycles. The molecule has 1 amide bonds. The highest BCUT2D eigenvalue weighted by molar-refractivity contribution is 5.91. The lowest BCUT2D eigenvalue weighted by atomic mass is 10.1. The quantitative estimate of drug-likeness (QED) is 0.750. The minimum Gasteiger partial charge on any atom is -0.497 e. The second kappa shape index (κ2) is 9.37. The van der Waals surface area contributed by atoms with Crippen LogP contribution in [0.3, 0.4) is 0 Å². The van der Waals surface area contributed by atoms with Crippen molar-refractivity contribution in [3.05, 3.63) is 59.7 Å². The molecule has 0 spiro atoms. The highest BCUT2D eigenvalue weighted by atomic mass is 16.5. The molecule has 0 unspecified atom stereocenters. The van der Waals surface area contributed by atoms with Crippen molar-refractivity contribution in [3.8, 4) is 17.2 Å². The molecule has 2 aromatic rings. The predicted molar refractivity (Wildman–Crippen MR) is 98.3 cm³/mol. The molecule has 0 aliphatic carbocycles. The van der Waals surface area contributed by atoms with Gasteiger partial charge in [0.05, 0.1) is 21.3 Å². The molecule has 0 aliphatic heterocycles. The fourth-order valence-electron chi connectivity index (χ4n) is 2.35. The average molecular weight is 341 g/mol. The van der Waals surface area contributed by atoms with Crippen LogP contribution in [0.4, 0.5) is 0 Å². The summed E-state index contributed by atoms with van der Waals surface area (Å²) in [7, 11) is 4.81. The Morgan fingerprint density at radius 3 is 2.52 bits per heavy atom. The van der Waals surface area contributed by atoms with E-state index in [-0.39, 0.29) is 5.91 Å². The van der Waals surface area contributed by atoms with Gasteiger partial charge in [-0.25, -0.2) is 0 Å². The molecule has 2 aromatic carbocycles. The van der Waals surface area contributed by atoms with E-state index in [1.54, 1.807) is 33.5 Å². The van der Waals surface area contributed by atoms with Crippen molar-refractivity contribution in [3.63, 3.8) is 0 Å². The highest BCUT2D eigenvalue weighted by Gasteiger charge is 2.03. The summed E-state index contributed by atoms with van der Waals surface area (Å²) in [5.74, 6) is 1.96. The second-order valence-electron chi connectivity index (χ2n) is 5.34. The molecule has 1 N–H and O–H groups in total. The fourth-order valence-corrected chi connectivity index (χ4v) is 2.35. The standard InChI is InChI=1S/C20H23NO4/c1-23-17-6-4-5-15(13-17)11-12-21-20(22)10-8-16-7-9-18(24-2)19(14-16)25-3/h4-10,13-14H,11-12H2,1-3H3,(H,21,22). The van der Waals surface area contributed by atoms with Crippen LogP contribution in [0.2, 0.25) is 0 Å². The number of methoxy groups -OCH3 is 3. The first kappa shape index (κ1) is 18.4. The maximum absolute atomic E-state index is 11.9. The third-order valence-electron chi connectivity index (χ3n) is 3.68. The molecule has 2 rings (SSSR count). The Balaban J connectivity index is 1.86. The molecule has 0 saturated heterocycles. The summed E-state index contributed by atoms with van der Waals surface area (Å²) in [6.07, 6.45) is 3.99. The Kier molecular flexibility index (Phi) is 6.89. The molecule has 0 radical (unpaired) electrons. The number of ether oxygens (including phenoxy) is 3. The number of benzene rings is 2. The van der Waals surface area contributed by atoms with Gasteiger partial charge in [-0.05, 0) is 47.9 Å². The number of nitrogens with one attached hydrogen (secondary N) is 1. The van der Waals surface area contributed by atoms with Gasteiger partial charge < -0.3 is 19.5 Å². The van der Waals surface area contributed by atoms with Crippen LogP contribution >= 0.6 is 0 Å². The lowest BCUT2D eigenvalue weighted by molar-refractivity contribution is -0.116. The smallest absolute Gasteiger partial charge is 0.244 e. The molecule has 132 valence electrons. The van der Waals surface area contributed by atoms with Crippen LogP contribution < -0.4 is 19.5 Å². The van der Waals surface area contributed by atoms with Gasteiger partial charge in [0.25, 0.3) is 0 Å². The molecule has 0 aliphatic rings. The van der Waals surface area contributed by atoms with Crippen molar-refractivity contribution >= 4 is 12.0 Å².